The second kappa shape index (κ2) is 8.66. The Morgan fingerprint density at radius 2 is 2.09 bits per heavy atom. The molecule has 1 aliphatic rings. The molecule has 1 atom stereocenters. The summed E-state index contributed by atoms with van der Waals surface area (Å²) in [5.74, 6) is 0.0477. The van der Waals surface area contributed by atoms with E-state index in [9.17, 15) is 9.59 Å². The number of anilines is 1. The van der Waals surface area contributed by atoms with Gasteiger partial charge in [-0.05, 0) is 31.9 Å². The van der Waals surface area contributed by atoms with Crippen molar-refractivity contribution in [3.63, 3.8) is 0 Å². The molecule has 4 nitrogen and oxygen atoms in total. The number of benzene rings is 1. The second-order valence-corrected chi connectivity index (χ2v) is 7.74. The van der Waals surface area contributed by atoms with Gasteiger partial charge in [-0.25, -0.2) is 0 Å². The zero-order chi connectivity index (χ0) is 16.8. The minimum atomic E-state index is -0.0658. The number of thiocarbonyl (C=S) groups is 1. The van der Waals surface area contributed by atoms with Crippen LogP contribution in [0.25, 0.3) is 0 Å². The molecule has 23 heavy (non-hydrogen) atoms. The highest BCUT2D eigenvalue weighted by Crippen LogP contribution is 2.27. The molecule has 1 unspecified atom stereocenters. The summed E-state index contributed by atoms with van der Waals surface area (Å²) in [4.78, 5) is 25.4. The van der Waals surface area contributed by atoms with E-state index in [0.29, 0.717) is 28.0 Å². The number of nitrogens with one attached hydrogen (secondary N) is 1. The van der Waals surface area contributed by atoms with Crippen molar-refractivity contribution in [3.8, 4) is 0 Å². The van der Waals surface area contributed by atoms with E-state index in [1.807, 2.05) is 19.1 Å². The van der Waals surface area contributed by atoms with Crippen molar-refractivity contribution in [1.82, 2.24) is 4.90 Å². The predicted molar refractivity (Wildman–Crippen MR) is 99.9 cm³/mol. The highest BCUT2D eigenvalue weighted by atomic mass is 35.5. The first-order valence-electron chi connectivity index (χ1n) is 7.55. The largest absolute Gasteiger partial charge is 0.325 e. The lowest BCUT2D eigenvalue weighted by Gasteiger charge is -2.14. The van der Waals surface area contributed by atoms with Crippen molar-refractivity contribution in [1.29, 1.82) is 0 Å². The maximum Gasteiger partial charge on any atom is 0.241 e. The highest BCUT2D eigenvalue weighted by molar-refractivity contribution is 8.24. The molecule has 0 radical (unpaired) electrons. The van der Waals surface area contributed by atoms with Crippen LogP contribution >= 0.6 is 35.6 Å². The molecule has 2 amide bonds. The third kappa shape index (κ3) is 5.19. The van der Waals surface area contributed by atoms with E-state index >= 15 is 0 Å². The van der Waals surface area contributed by atoms with Crippen LogP contribution in [0.5, 0.6) is 0 Å². The van der Waals surface area contributed by atoms with Crippen molar-refractivity contribution in [2.24, 2.45) is 0 Å². The quantitative estimate of drug-likeness (QED) is 0.580. The van der Waals surface area contributed by atoms with Gasteiger partial charge >= 0.3 is 0 Å². The van der Waals surface area contributed by atoms with E-state index in [1.165, 1.54) is 11.8 Å². The van der Waals surface area contributed by atoms with E-state index in [4.69, 9.17) is 23.8 Å². The number of halogens is 1. The first kappa shape index (κ1) is 18.2. The Kier molecular flexibility index (Phi) is 6.87. The van der Waals surface area contributed by atoms with Crippen LogP contribution in [-0.2, 0) is 9.59 Å². The Morgan fingerprint density at radius 1 is 1.35 bits per heavy atom. The van der Waals surface area contributed by atoms with Gasteiger partial charge in [-0.1, -0.05) is 54.1 Å². The smallest absolute Gasteiger partial charge is 0.241 e. The van der Waals surface area contributed by atoms with Gasteiger partial charge in [-0.15, -0.1) is 0 Å². The topological polar surface area (TPSA) is 49.4 Å². The first-order valence-corrected chi connectivity index (χ1v) is 9.22. The Morgan fingerprint density at radius 3 is 2.74 bits per heavy atom. The lowest BCUT2D eigenvalue weighted by molar-refractivity contribution is -0.125. The van der Waals surface area contributed by atoms with Gasteiger partial charge in [0.2, 0.25) is 11.8 Å². The molecule has 1 aliphatic heterocycles. The van der Waals surface area contributed by atoms with Crippen molar-refractivity contribution >= 4 is 57.4 Å². The summed E-state index contributed by atoms with van der Waals surface area (Å²) in [5, 5.41) is 3.27. The number of carbonyl (C=O) groups is 2. The average molecular weight is 371 g/mol. The van der Waals surface area contributed by atoms with Crippen LogP contribution in [-0.4, -0.2) is 32.8 Å². The number of amides is 2. The fourth-order valence-electron chi connectivity index (χ4n) is 2.28. The molecule has 0 bridgehead atoms. The van der Waals surface area contributed by atoms with Crippen molar-refractivity contribution < 1.29 is 9.59 Å². The molecular formula is C16H19ClN2O2S2. The fourth-order valence-corrected chi connectivity index (χ4v) is 3.92. The highest BCUT2D eigenvalue weighted by Gasteiger charge is 2.32. The zero-order valence-corrected chi connectivity index (χ0v) is 15.3. The zero-order valence-electron chi connectivity index (χ0n) is 12.9. The van der Waals surface area contributed by atoms with Gasteiger partial charge in [0.1, 0.15) is 4.32 Å². The molecule has 0 aliphatic carbocycles. The van der Waals surface area contributed by atoms with E-state index in [0.717, 1.165) is 19.3 Å². The summed E-state index contributed by atoms with van der Waals surface area (Å²) >= 11 is 12.6. The van der Waals surface area contributed by atoms with Gasteiger partial charge in [-0.3, -0.25) is 14.5 Å². The van der Waals surface area contributed by atoms with Crippen molar-refractivity contribution in [2.45, 2.75) is 37.9 Å². The van der Waals surface area contributed by atoms with Gasteiger partial charge in [0.25, 0.3) is 0 Å². The second-order valence-electron chi connectivity index (χ2n) is 5.35. The van der Waals surface area contributed by atoms with Crippen LogP contribution in [0.1, 0.15) is 32.6 Å². The Balaban J connectivity index is 1.64. The van der Waals surface area contributed by atoms with Crippen molar-refractivity contribution in [2.75, 3.05) is 11.9 Å². The standard InChI is InChI=1S/C16H19ClN2O2S2/c1-11-15(21)19(16(22)23-11)10-6-2-3-9-14(20)18-13-8-5-4-7-12(13)17/h4-5,7-8,11H,2-3,6,9-10H2,1H3,(H,18,20). The van der Waals surface area contributed by atoms with Gasteiger partial charge in [0.15, 0.2) is 0 Å². The maximum absolute atomic E-state index is 11.9. The molecular weight excluding hydrogens is 352 g/mol. The molecule has 1 fully saturated rings. The van der Waals surface area contributed by atoms with E-state index in [-0.39, 0.29) is 17.1 Å². The predicted octanol–water partition coefficient (Wildman–Crippen LogP) is 4.09. The van der Waals surface area contributed by atoms with E-state index in [1.54, 1.807) is 17.0 Å². The summed E-state index contributed by atoms with van der Waals surface area (Å²) in [6.07, 6.45) is 2.93. The third-order valence-corrected chi connectivity index (χ3v) is 5.36. The molecule has 7 heteroatoms. The summed E-state index contributed by atoms with van der Waals surface area (Å²) in [5.41, 5.74) is 0.637. The van der Waals surface area contributed by atoms with Crippen molar-refractivity contribution in [3.05, 3.63) is 29.3 Å². The lowest BCUT2D eigenvalue weighted by Crippen LogP contribution is -2.31. The summed E-state index contributed by atoms with van der Waals surface area (Å²) < 4.78 is 0.666. The number of hydrogen-bond acceptors (Lipinski definition) is 4. The number of hydrogen-bond donors (Lipinski definition) is 1. The number of unbranched alkanes of at least 4 members (excludes halogenated alkanes) is 2. The van der Waals surface area contributed by atoms with Crippen LogP contribution in [0.3, 0.4) is 0 Å². The van der Waals surface area contributed by atoms with E-state index < -0.39 is 0 Å². The first-order chi connectivity index (χ1) is 11.0. The molecule has 0 saturated carbocycles. The minimum Gasteiger partial charge on any atom is -0.325 e. The number of thioether (sulfide) groups is 1. The summed E-state index contributed by atoms with van der Waals surface area (Å²) in [6, 6.07) is 7.17. The van der Waals surface area contributed by atoms with Crippen LogP contribution in [0.15, 0.2) is 24.3 Å². The monoisotopic (exact) mass is 370 g/mol. The summed E-state index contributed by atoms with van der Waals surface area (Å²) in [6.45, 7) is 2.51. The Bertz CT molecular complexity index is 609. The Hall–Kier alpha value is -1.11. The molecule has 1 aromatic rings. The molecule has 2 rings (SSSR count). The summed E-state index contributed by atoms with van der Waals surface area (Å²) in [7, 11) is 0. The average Bonchev–Trinajstić information content (AvgIpc) is 2.75. The Labute approximate surface area is 150 Å². The molecule has 1 N–H and O–H groups in total. The minimum absolute atomic E-state index is 0.0463. The molecule has 1 heterocycles. The number of carbonyl (C=O) groups excluding carboxylic acids is 2. The van der Waals surface area contributed by atoms with Gasteiger partial charge < -0.3 is 5.32 Å². The molecule has 1 saturated heterocycles. The lowest BCUT2D eigenvalue weighted by atomic mass is 10.1. The number of para-hydroxylation sites is 1. The third-order valence-electron chi connectivity index (χ3n) is 3.55. The van der Waals surface area contributed by atoms with Gasteiger partial charge in [0.05, 0.1) is 16.0 Å². The molecule has 1 aromatic carbocycles. The van der Waals surface area contributed by atoms with E-state index in [2.05, 4.69) is 5.32 Å². The SMILES string of the molecule is CC1SC(=S)N(CCCCCC(=O)Nc2ccccc2Cl)C1=O. The van der Waals surface area contributed by atoms with Crippen LogP contribution in [0.4, 0.5) is 5.69 Å². The normalized spacial score (nSPS) is 17.7. The van der Waals surface area contributed by atoms with Gasteiger partial charge in [0, 0.05) is 13.0 Å². The number of nitrogens with zero attached hydrogens (tertiary/aromatic N) is 1. The fraction of sp³-hybridized carbons (Fsp3) is 0.438. The van der Waals surface area contributed by atoms with Gasteiger partial charge in [-0.2, -0.15) is 0 Å². The molecule has 124 valence electrons. The van der Waals surface area contributed by atoms with Crippen LogP contribution in [0, 0.1) is 0 Å². The van der Waals surface area contributed by atoms with Crippen LogP contribution in [0.2, 0.25) is 5.02 Å². The molecule has 0 spiro atoms. The van der Waals surface area contributed by atoms with Crippen LogP contribution < -0.4 is 5.32 Å². The molecule has 0 aromatic heterocycles. The number of rotatable bonds is 7. The maximum atomic E-state index is 11.9.